The maximum absolute atomic E-state index is 12.9. The first kappa shape index (κ1) is 15.8. The quantitative estimate of drug-likeness (QED) is 0.670. The predicted octanol–water partition coefficient (Wildman–Crippen LogP) is 2.38. The van der Waals surface area contributed by atoms with Gasteiger partial charge in [-0.25, -0.2) is 0 Å². The fourth-order valence-electron chi connectivity index (χ4n) is 5.38. The van der Waals surface area contributed by atoms with E-state index in [1.807, 2.05) is 31.2 Å². The Morgan fingerprint density at radius 2 is 1.69 bits per heavy atom. The van der Waals surface area contributed by atoms with Crippen molar-refractivity contribution in [3.05, 3.63) is 42.0 Å². The number of aryl methyl sites for hydroxylation is 1. The number of carbonyl (C=O) groups is 3. The van der Waals surface area contributed by atoms with Crippen molar-refractivity contribution in [1.82, 2.24) is 4.90 Å². The number of para-hydroxylation sites is 1. The Kier molecular flexibility index (Phi) is 3.36. The zero-order valence-electron chi connectivity index (χ0n) is 14.7. The van der Waals surface area contributed by atoms with Gasteiger partial charge in [0.1, 0.15) is 0 Å². The van der Waals surface area contributed by atoms with Crippen LogP contribution < -0.4 is 5.32 Å². The molecule has 3 fully saturated rings. The number of allylic oxidation sites excluding steroid dienone is 2. The fraction of sp³-hybridized carbons (Fsp3) is 0.476. The smallest absolute Gasteiger partial charge is 0.233 e. The third-order valence-corrected chi connectivity index (χ3v) is 6.74. The van der Waals surface area contributed by atoms with Gasteiger partial charge in [-0.05, 0) is 48.6 Å². The molecule has 5 nitrogen and oxygen atoms in total. The number of rotatable bonds is 4. The Labute approximate surface area is 152 Å². The van der Waals surface area contributed by atoms with Gasteiger partial charge in [-0.3, -0.25) is 19.3 Å². The summed E-state index contributed by atoms with van der Waals surface area (Å²) >= 11 is 0. The molecule has 1 aliphatic heterocycles. The van der Waals surface area contributed by atoms with Gasteiger partial charge in [-0.15, -0.1) is 0 Å². The summed E-state index contributed by atoms with van der Waals surface area (Å²) in [6, 6.07) is 7.57. The SMILES string of the molecule is Cc1ccccc1NC(=O)CCN1C(=O)[C@@H]2[C@H]3C=C[C@@H]([C@@H]4C[C@H]34)[C@H]2C1=O. The third kappa shape index (κ3) is 2.19. The van der Waals surface area contributed by atoms with Gasteiger partial charge in [-0.2, -0.15) is 0 Å². The summed E-state index contributed by atoms with van der Waals surface area (Å²) in [5.74, 6) is 1.02. The first-order valence-corrected chi connectivity index (χ1v) is 9.45. The molecule has 0 radical (unpaired) electrons. The lowest BCUT2D eigenvalue weighted by Gasteiger charge is -2.37. The molecule has 0 spiro atoms. The minimum Gasteiger partial charge on any atom is -0.326 e. The van der Waals surface area contributed by atoms with Crippen LogP contribution in [0, 0.1) is 42.4 Å². The number of nitrogens with zero attached hydrogens (tertiary/aromatic N) is 1. The van der Waals surface area contributed by atoms with Crippen molar-refractivity contribution in [2.45, 2.75) is 19.8 Å². The minimum atomic E-state index is -0.180. The van der Waals surface area contributed by atoms with E-state index in [-0.39, 0.29) is 54.4 Å². The van der Waals surface area contributed by atoms with E-state index in [1.165, 1.54) is 4.90 Å². The monoisotopic (exact) mass is 350 g/mol. The van der Waals surface area contributed by atoms with Crippen LogP contribution in [0.15, 0.2) is 36.4 Å². The zero-order valence-corrected chi connectivity index (χ0v) is 14.7. The number of benzene rings is 1. The lowest BCUT2D eigenvalue weighted by molar-refractivity contribution is -0.140. The van der Waals surface area contributed by atoms with Crippen molar-refractivity contribution in [1.29, 1.82) is 0 Å². The summed E-state index contributed by atoms with van der Waals surface area (Å²) in [6.45, 7) is 2.11. The predicted molar refractivity (Wildman–Crippen MR) is 95.8 cm³/mol. The number of imide groups is 1. The second-order valence-corrected chi connectivity index (χ2v) is 8.10. The average molecular weight is 350 g/mol. The minimum absolute atomic E-state index is 0.0617. The molecule has 2 bridgehead atoms. The van der Waals surface area contributed by atoms with E-state index < -0.39 is 0 Å². The van der Waals surface area contributed by atoms with Gasteiger partial charge in [0.05, 0.1) is 11.8 Å². The molecule has 5 heteroatoms. The molecular formula is C21H22N2O3. The molecule has 1 aromatic rings. The molecule has 134 valence electrons. The molecule has 26 heavy (non-hydrogen) atoms. The normalized spacial score (nSPS) is 36.1. The molecule has 6 rings (SSSR count). The summed E-state index contributed by atoms with van der Waals surface area (Å²) in [5.41, 5.74) is 1.76. The molecule has 0 aromatic heterocycles. The second kappa shape index (κ2) is 5.53. The van der Waals surface area contributed by atoms with E-state index in [1.54, 1.807) is 0 Å². The summed E-state index contributed by atoms with van der Waals surface area (Å²) in [5, 5.41) is 2.87. The summed E-state index contributed by atoms with van der Waals surface area (Å²) in [6.07, 6.45) is 5.63. The lowest BCUT2D eigenvalue weighted by Crippen LogP contribution is -2.40. The Hall–Kier alpha value is -2.43. The van der Waals surface area contributed by atoms with Crippen LogP contribution >= 0.6 is 0 Å². The molecule has 1 aromatic carbocycles. The molecule has 1 saturated heterocycles. The molecule has 1 N–H and O–H groups in total. The van der Waals surface area contributed by atoms with Crippen molar-refractivity contribution < 1.29 is 14.4 Å². The highest BCUT2D eigenvalue weighted by Crippen LogP contribution is 2.65. The van der Waals surface area contributed by atoms with Crippen LogP contribution in [0.1, 0.15) is 18.4 Å². The Balaban J connectivity index is 1.26. The standard InChI is InChI=1S/C21H22N2O3/c1-11-4-2-3-5-16(11)22-17(24)8-9-23-20(25)18-12-6-7-13(15-10-14(12)15)19(18)21(23)26/h2-7,12-15,18-19H,8-10H2,1H3,(H,22,24)/t12-,13-,14-,15+,18+,19+/m0/s1. The number of nitrogens with one attached hydrogen (secondary N) is 1. The Morgan fingerprint density at radius 1 is 1.08 bits per heavy atom. The van der Waals surface area contributed by atoms with E-state index in [2.05, 4.69) is 17.5 Å². The zero-order chi connectivity index (χ0) is 18.0. The van der Waals surface area contributed by atoms with Gasteiger partial charge >= 0.3 is 0 Å². The van der Waals surface area contributed by atoms with Gasteiger partial charge in [-0.1, -0.05) is 30.4 Å². The summed E-state index contributed by atoms with van der Waals surface area (Å²) < 4.78 is 0. The number of likely N-dealkylation sites (tertiary alicyclic amines) is 1. The number of hydrogen-bond acceptors (Lipinski definition) is 3. The van der Waals surface area contributed by atoms with Crippen molar-refractivity contribution in [3.8, 4) is 0 Å². The van der Waals surface area contributed by atoms with Gasteiger partial charge in [0.25, 0.3) is 0 Å². The number of amides is 3. The maximum Gasteiger partial charge on any atom is 0.233 e. The average Bonchev–Trinajstić information content (AvgIpc) is 3.41. The van der Waals surface area contributed by atoms with Crippen LogP contribution in [0.2, 0.25) is 0 Å². The van der Waals surface area contributed by atoms with Crippen LogP contribution in [0.5, 0.6) is 0 Å². The van der Waals surface area contributed by atoms with Crippen LogP contribution in [0.3, 0.4) is 0 Å². The number of carbonyl (C=O) groups excluding carboxylic acids is 3. The first-order chi connectivity index (χ1) is 12.6. The molecule has 5 aliphatic rings. The van der Waals surface area contributed by atoms with E-state index in [0.717, 1.165) is 17.7 Å². The first-order valence-electron chi connectivity index (χ1n) is 9.45. The molecule has 6 atom stereocenters. The molecule has 0 unspecified atom stereocenters. The largest absolute Gasteiger partial charge is 0.326 e. The lowest BCUT2D eigenvalue weighted by atomic mass is 9.63. The highest BCUT2D eigenvalue weighted by molar-refractivity contribution is 6.06. The Morgan fingerprint density at radius 3 is 2.31 bits per heavy atom. The van der Waals surface area contributed by atoms with Crippen molar-refractivity contribution >= 4 is 23.4 Å². The van der Waals surface area contributed by atoms with Gasteiger partial charge in [0.15, 0.2) is 0 Å². The van der Waals surface area contributed by atoms with Crippen molar-refractivity contribution in [2.75, 3.05) is 11.9 Å². The molecule has 3 amide bonds. The Bertz CT molecular complexity index is 809. The molecule has 1 heterocycles. The summed E-state index contributed by atoms with van der Waals surface area (Å²) in [4.78, 5) is 39.4. The highest BCUT2D eigenvalue weighted by Gasteiger charge is 2.66. The van der Waals surface area contributed by atoms with Crippen molar-refractivity contribution in [3.63, 3.8) is 0 Å². The molecule has 4 aliphatic carbocycles. The summed E-state index contributed by atoms with van der Waals surface area (Å²) in [7, 11) is 0. The fourth-order valence-corrected chi connectivity index (χ4v) is 5.38. The second-order valence-electron chi connectivity index (χ2n) is 8.10. The number of hydrogen-bond donors (Lipinski definition) is 1. The molecule has 2 saturated carbocycles. The number of anilines is 1. The third-order valence-electron chi connectivity index (χ3n) is 6.74. The van der Waals surface area contributed by atoms with E-state index in [9.17, 15) is 14.4 Å². The van der Waals surface area contributed by atoms with E-state index in [0.29, 0.717) is 11.8 Å². The van der Waals surface area contributed by atoms with Crippen molar-refractivity contribution in [2.24, 2.45) is 35.5 Å². The van der Waals surface area contributed by atoms with Gasteiger partial charge < -0.3 is 5.32 Å². The maximum atomic E-state index is 12.9. The molecular weight excluding hydrogens is 328 g/mol. The van der Waals surface area contributed by atoms with Crippen LogP contribution in [0.25, 0.3) is 0 Å². The van der Waals surface area contributed by atoms with E-state index in [4.69, 9.17) is 0 Å². The van der Waals surface area contributed by atoms with Crippen LogP contribution in [-0.4, -0.2) is 29.2 Å². The highest BCUT2D eigenvalue weighted by atomic mass is 16.2. The van der Waals surface area contributed by atoms with E-state index >= 15 is 0 Å². The van der Waals surface area contributed by atoms with Gasteiger partial charge in [0, 0.05) is 18.7 Å². The van der Waals surface area contributed by atoms with Crippen LogP contribution in [0.4, 0.5) is 5.69 Å². The van der Waals surface area contributed by atoms with Crippen LogP contribution in [-0.2, 0) is 14.4 Å². The topological polar surface area (TPSA) is 66.5 Å². The van der Waals surface area contributed by atoms with Gasteiger partial charge in [0.2, 0.25) is 17.7 Å².